The second-order valence-electron chi connectivity index (χ2n) is 12.8. The lowest BCUT2D eigenvalue weighted by molar-refractivity contribution is -0.384. The molecule has 10 aromatic rings. The smallest absolute Gasteiger partial charge is 0.277 e. The highest BCUT2D eigenvalue weighted by molar-refractivity contribution is 7.26. The van der Waals surface area contributed by atoms with Crippen LogP contribution in [0.1, 0.15) is 0 Å². The molecule has 250 valence electrons. The highest BCUT2D eigenvalue weighted by atomic mass is 32.1. The largest absolute Gasteiger partial charge is 0.309 e. The molecule has 0 saturated carbocycles. The van der Waals surface area contributed by atoms with Gasteiger partial charge in [-0.25, -0.2) is 15.0 Å². The van der Waals surface area contributed by atoms with Gasteiger partial charge in [-0.3, -0.25) is 10.1 Å². The summed E-state index contributed by atoms with van der Waals surface area (Å²) < 4.78 is 4.69. The molecule has 7 nitrogen and oxygen atoms in total. The minimum atomic E-state index is -0.317. The maximum atomic E-state index is 12.6. The third kappa shape index (κ3) is 5.07. The molecule has 0 spiro atoms. The van der Waals surface area contributed by atoms with Gasteiger partial charge in [0.05, 0.1) is 27.2 Å². The van der Waals surface area contributed by atoms with Gasteiger partial charge in [0.25, 0.3) is 5.69 Å². The van der Waals surface area contributed by atoms with E-state index in [9.17, 15) is 10.1 Å². The van der Waals surface area contributed by atoms with Crippen molar-refractivity contribution >= 4 is 59.0 Å². The number of rotatable bonds is 6. The molecule has 0 fully saturated rings. The summed E-state index contributed by atoms with van der Waals surface area (Å²) in [7, 11) is 0. The first-order valence-electron chi connectivity index (χ1n) is 17.2. The van der Waals surface area contributed by atoms with E-state index < -0.39 is 0 Å². The number of hydrogen-bond donors (Lipinski definition) is 0. The average Bonchev–Trinajstić information content (AvgIpc) is 3.77. The van der Waals surface area contributed by atoms with Crippen molar-refractivity contribution in [1.82, 2.24) is 19.5 Å². The minimum absolute atomic E-state index is 0.0177. The van der Waals surface area contributed by atoms with Crippen LogP contribution in [0, 0.1) is 10.1 Å². The first-order valence-corrected chi connectivity index (χ1v) is 18.0. The first kappa shape index (κ1) is 30.8. The number of aromatic nitrogens is 4. The van der Waals surface area contributed by atoms with E-state index in [0.29, 0.717) is 34.2 Å². The molecule has 0 radical (unpaired) electrons. The second kappa shape index (κ2) is 12.3. The van der Waals surface area contributed by atoms with Crippen molar-refractivity contribution in [2.45, 2.75) is 0 Å². The predicted molar refractivity (Wildman–Crippen MR) is 215 cm³/mol. The van der Waals surface area contributed by atoms with Crippen LogP contribution in [0.4, 0.5) is 5.69 Å². The van der Waals surface area contributed by atoms with Crippen molar-refractivity contribution in [3.8, 4) is 51.0 Å². The van der Waals surface area contributed by atoms with Gasteiger partial charge in [-0.2, -0.15) is 0 Å². The second-order valence-corrected chi connectivity index (χ2v) is 13.9. The summed E-state index contributed by atoms with van der Waals surface area (Å²) >= 11 is 1.80. The molecule has 0 aliphatic rings. The summed E-state index contributed by atoms with van der Waals surface area (Å²) in [6, 6.07) is 53.9. The summed E-state index contributed by atoms with van der Waals surface area (Å²) in [5.41, 5.74) is 6.50. The summed E-state index contributed by atoms with van der Waals surface area (Å²) in [6.45, 7) is 0. The number of nitrogens with zero attached hydrogens (tertiary/aromatic N) is 5. The normalized spacial score (nSPS) is 11.5. The number of nitro benzene ring substituents is 1. The molecule has 0 aliphatic carbocycles. The van der Waals surface area contributed by atoms with Crippen molar-refractivity contribution in [2.24, 2.45) is 0 Å². The Kier molecular flexibility index (Phi) is 7.16. The molecular weight excluding hydrogens is 675 g/mol. The van der Waals surface area contributed by atoms with Crippen LogP contribution in [0.2, 0.25) is 0 Å². The quantitative estimate of drug-likeness (QED) is 0.127. The number of hydrogen-bond acceptors (Lipinski definition) is 6. The first-order chi connectivity index (χ1) is 26.1. The van der Waals surface area contributed by atoms with E-state index in [-0.39, 0.29) is 10.6 Å². The average molecular weight is 702 g/mol. The van der Waals surface area contributed by atoms with Gasteiger partial charge in [0.15, 0.2) is 17.5 Å². The lowest BCUT2D eigenvalue weighted by Crippen LogP contribution is -2.02. The number of nitro groups is 1. The van der Waals surface area contributed by atoms with Gasteiger partial charge in [0.1, 0.15) is 0 Å². The van der Waals surface area contributed by atoms with Gasteiger partial charge in [0, 0.05) is 59.3 Å². The Bertz CT molecular complexity index is 2990. The Morgan fingerprint density at radius 1 is 0.509 bits per heavy atom. The Morgan fingerprint density at radius 3 is 1.83 bits per heavy atom. The molecule has 8 heteroatoms. The van der Waals surface area contributed by atoms with E-state index >= 15 is 0 Å². The minimum Gasteiger partial charge on any atom is -0.309 e. The van der Waals surface area contributed by atoms with Crippen LogP contribution in [0.3, 0.4) is 0 Å². The molecule has 0 bridgehead atoms. The highest BCUT2D eigenvalue weighted by Crippen LogP contribution is 2.45. The van der Waals surface area contributed by atoms with Crippen LogP contribution in [0.15, 0.2) is 164 Å². The molecule has 0 atom stereocenters. The van der Waals surface area contributed by atoms with Gasteiger partial charge < -0.3 is 4.57 Å². The Morgan fingerprint density at radius 2 is 1.11 bits per heavy atom. The SMILES string of the molecule is O=[N+]([O-])c1ccccc1-c1cc(-c2nc(-c3ccccc3)nc(-c3ccccc3)n2)ccc1-n1c2ccccc2c2c3sc4ccccc4c3ccc21. The topological polar surface area (TPSA) is 86.7 Å². The zero-order chi connectivity index (χ0) is 35.5. The molecule has 3 heterocycles. The lowest BCUT2D eigenvalue weighted by Gasteiger charge is -2.16. The van der Waals surface area contributed by atoms with Crippen molar-refractivity contribution in [2.75, 3.05) is 0 Å². The standard InChI is InChI=1S/C45H27N5O2S/c51-50(52)38-21-11-7-17-31(38)35-27-30(45-47-43(28-13-3-1-4-14-28)46-44(48-45)29-15-5-2-6-16-29)23-25-37(35)49-36-20-10-8-19-34(36)41-39(49)26-24-33-32-18-9-12-22-40(32)53-42(33)41/h1-27H. The third-order valence-corrected chi connectivity index (χ3v) is 11.0. The third-order valence-electron chi connectivity index (χ3n) is 9.77. The van der Waals surface area contributed by atoms with Crippen molar-refractivity contribution in [3.05, 3.63) is 174 Å². The Labute approximate surface area is 307 Å². The summed E-state index contributed by atoms with van der Waals surface area (Å²) in [6.07, 6.45) is 0. The van der Waals surface area contributed by atoms with Crippen molar-refractivity contribution in [1.29, 1.82) is 0 Å². The Hall–Kier alpha value is -7.03. The fraction of sp³-hybridized carbons (Fsp3) is 0. The molecule has 0 amide bonds. The van der Waals surface area contributed by atoms with Gasteiger partial charge in [-0.1, -0.05) is 115 Å². The molecule has 0 N–H and O–H groups in total. The molecule has 0 aliphatic heterocycles. The zero-order valence-electron chi connectivity index (χ0n) is 28.0. The van der Waals surface area contributed by atoms with E-state index in [1.807, 2.05) is 97.1 Å². The summed E-state index contributed by atoms with van der Waals surface area (Å²) in [5, 5.41) is 17.3. The van der Waals surface area contributed by atoms with Crippen LogP contribution >= 0.6 is 11.3 Å². The predicted octanol–water partition coefficient (Wildman–Crippen LogP) is 11.9. The van der Waals surface area contributed by atoms with E-state index in [2.05, 4.69) is 59.2 Å². The van der Waals surface area contributed by atoms with Gasteiger partial charge in [-0.15, -0.1) is 11.3 Å². The highest BCUT2D eigenvalue weighted by Gasteiger charge is 2.24. The zero-order valence-corrected chi connectivity index (χ0v) is 28.9. The molecule has 3 aromatic heterocycles. The molecular formula is C45H27N5O2S. The summed E-state index contributed by atoms with van der Waals surface area (Å²) in [4.78, 5) is 27.1. The van der Waals surface area contributed by atoms with Crippen LogP contribution in [0.25, 0.3) is 93.0 Å². The number of fused-ring (bicyclic) bond motifs is 7. The van der Waals surface area contributed by atoms with Gasteiger partial charge >= 0.3 is 0 Å². The van der Waals surface area contributed by atoms with Crippen LogP contribution in [-0.2, 0) is 0 Å². The maximum absolute atomic E-state index is 12.6. The fourth-order valence-corrected chi connectivity index (χ4v) is 8.64. The van der Waals surface area contributed by atoms with Gasteiger partial charge in [0.2, 0.25) is 0 Å². The fourth-order valence-electron chi connectivity index (χ4n) is 7.38. The van der Waals surface area contributed by atoms with Crippen molar-refractivity contribution < 1.29 is 4.92 Å². The van der Waals surface area contributed by atoms with E-state index in [1.54, 1.807) is 23.5 Å². The van der Waals surface area contributed by atoms with Crippen LogP contribution in [-0.4, -0.2) is 24.4 Å². The van der Waals surface area contributed by atoms with E-state index in [1.165, 1.54) is 20.2 Å². The molecule has 10 rings (SSSR count). The lowest BCUT2D eigenvalue weighted by atomic mass is 9.98. The Balaban J connectivity index is 1.27. The number of thiophene rings is 1. The van der Waals surface area contributed by atoms with Crippen LogP contribution < -0.4 is 0 Å². The molecule has 53 heavy (non-hydrogen) atoms. The number of benzene rings is 7. The van der Waals surface area contributed by atoms with Crippen molar-refractivity contribution in [3.63, 3.8) is 0 Å². The summed E-state index contributed by atoms with van der Waals surface area (Å²) in [5.74, 6) is 1.55. The molecule has 7 aromatic carbocycles. The van der Waals surface area contributed by atoms with E-state index in [0.717, 1.165) is 38.6 Å². The van der Waals surface area contributed by atoms with Gasteiger partial charge in [-0.05, 0) is 42.5 Å². The van der Waals surface area contributed by atoms with E-state index in [4.69, 9.17) is 15.0 Å². The monoisotopic (exact) mass is 701 g/mol. The number of para-hydroxylation sites is 2. The molecule has 0 saturated heterocycles. The maximum Gasteiger partial charge on any atom is 0.277 e. The molecule has 0 unspecified atom stereocenters. The van der Waals surface area contributed by atoms with Crippen LogP contribution in [0.5, 0.6) is 0 Å².